The van der Waals surface area contributed by atoms with Crippen molar-refractivity contribution in [1.82, 2.24) is 0 Å². The minimum atomic E-state index is 0.783. The van der Waals surface area contributed by atoms with Crippen LogP contribution in [0.2, 0.25) is 5.02 Å². The van der Waals surface area contributed by atoms with Gasteiger partial charge in [-0.3, -0.25) is 0 Å². The van der Waals surface area contributed by atoms with E-state index in [4.69, 9.17) is 16.3 Å². The largest absolute Gasteiger partial charge is 0.384 e. The van der Waals surface area contributed by atoms with Crippen molar-refractivity contribution in [3.63, 3.8) is 0 Å². The molecule has 1 nitrogen and oxygen atoms in total. The number of halogens is 1. The van der Waals surface area contributed by atoms with Crippen LogP contribution >= 0.6 is 23.4 Å². The Balaban J connectivity index is 2.37. The summed E-state index contributed by atoms with van der Waals surface area (Å²) in [5.41, 5.74) is 0. The van der Waals surface area contributed by atoms with Crippen LogP contribution in [-0.2, 0) is 4.74 Å². The van der Waals surface area contributed by atoms with Crippen LogP contribution < -0.4 is 0 Å². The second-order valence-corrected chi connectivity index (χ2v) is 3.90. The van der Waals surface area contributed by atoms with Crippen molar-refractivity contribution >= 4 is 23.4 Å². The molecule has 3 heteroatoms. The zero-order valence-electron chi connectivity index (χ0n) is 6.92. The number of hydrogen-bond donors (Lipinski definition) is 0. The molecular formula is C9H11ClOS. The molecule has 0 saturated heterocycles. The molecule has 0 amide bonds. The van der Waals surface area contributed by atoms with Crippen LogP contribution in [0.1, 0.15) is 0 Å². The van der Waals surface area contributed by atoms with Gasteiger partial charge in [-0.05, 0) is 24.3 Å². The Morgan fingerprint density at radius 3 is 2.58 bits per heavy atom. The summed E-state index contributed by atoms with van der Waals surface area (Å²) in [5.74, 6) is 0.984. The molecular weight excluding hydrogens is 192 g/mol. The highest BCUT2D eigenvalue weighted by molar-refractivity contribution is 7.99. The number of thioether (sulfide) groups is 1. The van der Waals surface area contributed by atoms with E-state index in [1.54, 1.807) is 18.9 Å². The average Bonchev–Trinajstić information content (AvgIpc) is 2.09. The zero-order valence-corrected chi connectivity index (χ0v) is 8.49. The normalized spacial score (nSPS) is 10.2. The first-order chi connectivity index (χ1) is 5.83. The fourth-order valence-corrected chi connectivity index (χ4v) is 1.71. The Morgan fingerprint density at radius 1 is 1.33 bits per heavy atom. The van der Waals surface area contributed by atoms with E-state index in [1.807, 2.05) is 24.3 Å². The monoisotopic (exact) mass is 202 g/mol. The molecule has 12 heavy (non-hydrogen) atoms. The standard InChI is InChI=1S/C9H11ClOS/c1-11-6-7-12-9-4-2-8(10)3-5-9/h2-5H,6-7H2,1H3. The lowest BCUT2D eigenvalue weighted by molar-refractivity contribution is 0.218. The second-order valence-electron chi connectivity index (χ2n) is 2.30. The maximum atomic E-state index is 5.74. The van der Waals surface area contributed by atoms with Gasteiger partial charge in [0.2, 0.25) is 0 Å². The third-order valence-corrected chi connectivity index (χ3v) is 2.60. The molecule has 0 heterocycles. The lowest BCUT2D eigenvalue weighted by Crippen LogP contribution is -1.90. The van der Waals surface area contributed by atoms with E-state index in [2.05, 4.69) is 0 Å². The molecule has 0 unspecified atom stereocenters. The van der Waals surface area contributed by atoms with Gasteiger partial charge in [-0.1, -0.05) is 11.6 Å². The third kappa shape index (κ3) is 3.48. The Hall–Kier alpha value is -0.180. The van der Waals surface area contributed by atoms with E-state index in [1.165, 1.54) is 4.90 Å². The van der Waals surface area contributed by atoms with Crippen LogP contribution in [-0.4, -0.2) is 19.5 Å². The molecule has 0 saturated carbocycles. The summed E-state index contributed by atoms with van der Waals surface area (Å²) < 4.78 is 4.94. The highest BCUT2D eigenvalue weighted by atomic mass is 35.5. The quantitative estimate of drug-likeness (QED) is 0.548. The van der Waals surface area contributed by atoms with Crippen molar-refractivity contribution in [1.29, 1.82) is 0 Å². The van der Waals surface area contributed by atoms with Crippen molar-refractivity contribution in [2.75, 3.05) is 19.5 Å². The van der Waals surface area contributed by atoms with Gasteiger partial charge >= 0.3 is 0 Å². The van der Waals surface area contributed by atoms with E-state index in [0.29, 0.717) is 0 Å². The first kappa shape index (κ1) is 9.90. The minimum absolute atomic E-state index is 0.783. The molecule has 0 N–H and O–H groups in total. The van der Waals surface area contributed by atoms with Gasteiger partial charge in [-0.2, -0.15) is 0 Å². The molecule has 0 aliphatic heterocycles. The van der Waals surface area contributed by atoms with Gasteiger partial charge < -0.3 is 4.74 Å². The van der Waals surface area contributed by atoms with Crippen LogP contribution in [0.15, 0.2) is 29.2 Å². The maximum Gasteiger partial charge on any atom is 0.0556 e. The van der Waals surface area contributed by atoms with E-state index in [-0.39, 0.29) is 0 Å². The van der Waals surface area contributed by atoms with Crippen LogP contribution in [0.25, 0.3) is 0 Å². The molecule has 1 aromatic carbocycles. The van der Waals surface area contributed by atoms with Crippen LogP contribution in [0.3, 0.4) is 0 Å². The Morgan fingerprint density at radius 2 is 2.00 bits per heavy atom. The smallest absolute Gasteiger partial charge is 0.0556 e. The first-order valence-electron chi connectivity index (χ1n) is 3.70. The molecule has 0 aliphatic carbocycles. The molecule has 0 spiro atoms. The van der Waals surface area contributed by atoms with Crippen molar-refractivity contribution in [2.45, 2.75) is 4.90 Å². The lowest BCUT2D eigenvalue weighted by atomic mass is 10.4. The van der Waals surface area contributed by atoms with E-state index < -0.39 is 0 Å². The number of rotatable bonds is 4. The summed E-state index contributed by atoms with van der Waals surface area (Å²) in [6, 6.07) is 7.83. The van der Waals surface area contributed by atoms with Gasteiger partial charge in [0, 0.05) is 22.8 Å². The molecule has 1 aromatic rings. The summed E-state index contributed by atoms with van der Waals surface area (Å²) in [7, 11) is 1.71. The van der Waals surface area contributed by atoms with Gasteiger partial charge in [-0.15, -0.1) is 11.8 Å². The molecule has 0 radical (unpaired) electrons. The molecule has 1 rings (SSSR count). The summed E-state index contributed by atoms with van der Waals surface area (Å²) >= 11 is 7.51. The lowest BCUT2D eigenvalue weighted by Gasteiger charge is -1.99. The predicted octanol–water partition coefficient (Wildman–Crippen LogP) is 3.08. The Kier molecular flexibility index (Phi) is 4.51. The van der Waals surface area contributed by atoms with Gasteiger partial charge in [0.05, 0.1) is 6.61 Å². The fourth-order valence-electron chi connectivity index (χ4n) is 0.774. The topological polar surface area (TPSA) is 9.23 Å². The van der Waals surface area contributed by atoms with Gasteiger partial charge in [-0.25, -0.2) is 0 Å². The van der Waals surface area contributed by atoms with Crippen molar-refractivity contribution in [3.8, 4) is 0 Å². The number of ether oxygens (including phenoxy) is 1. The summed E-state index contributed by atoms with van der Waals surface area (Å²) in [6.07, 6.45) is 0. The third-order valence-electron chi connectivity index (χ3n) is 1.37. The second kappa shape index (κ2) is 5.46. The van der Waals surface area contributed by atoms with Crippen LogP contribution in [0, 0.1) is 0 Å². The maximum absolute atomic E-state index is 5.74. The molecule has 0 bridgehead atoms. The van der Waals surface area contributed by atoms with Crippen LogP contribution in [0.4, 0.5) is 0 Å². The zero-order chi connectivity index (χ0) is 8.81. The number of methoxy groups -OCH3 is 1. The van der Waals surface area contributed by atoms with E-state index in [0.717, 1.165) is 17.4 Å². The Bertz CT molecular complexity index is 222. The van der Waals surface area contributed by atoms with Gasteiger partial charge in [0.1, 0.15) is 0 Å². The fraction of sp³-hybridized carbons (Fsp3) is 0.333. The molecule has 0 aliphatic rings. The minimum Gasteiger partial charge on any atom is -0.384 e. The van der Waals surface area contributed by atoms with Crippen molar-refractivity contribution in [2.24, 2.45) is 0 Å². The van der Waals surface area contributed by atoms with Gasteiger partial charge in [0.15, 0.2) is 0 Å². The van der Waals surface area contributed by atoms with Crippen molar-refractivity contribution in [3.05, 3.63) is 29.3 Å². The van der Waals surface area contributed by atoms with Gasteiger partial charge in [0.25, 0.3) is 0 Å². The highest BCUT2D eigenvalue weighted by Gasteiger charge is 1.92. The van der Waals surface area contributed by atoms with E-state index >= 15 is 0 Å². The molecule has 0 fully saturated rings. The van der Waals surface area contributed by atoms with Crippen molar-refractivity contribution < 1.29 is 4.74 Å². The van der Waals surface area contributed by atoms with E-state index in [9.17, 15) is 0 Å². The Labute approximate surface area is 82.1 Å². The SMILES string of the molecule is COCCSc1ccc(Cl)cc1. The molecule has 66 valence electrons. The number of hydrogen-bond acceptors (Lipinski definition) is 2. The summed E-state index contributed by atoms with van der Waals surface area (Å²) in [6.45, 7) is 0.785. The molecule has 0 atom stereocenters. The summed E-state index contributed by atoms with van der Waals surface area (Å²) in [5, 5.41) is 0.783. The average molecular weight is 203 g/mol. The first-order valence-corrected chi connectivity index (χ1v) is 5.06. The summed E-state index contributed by atoms with van der Waals surface area (Å²) in [4.78, 5) is 1.23. The predicted molar refractivity (Wildman–Crippen MR) is 54.1 cm³/mol. The molecule has 0 aromatic heterocycles. The highest BCUT2D eigenvalue weighted by Crippen LogP contribution is 2.19. The van der Waals surface area contributed by atoms with Crippen LogP contribution in [0.5, 0.6) is 0 Å². The number of benzene rings is 1.